The Bertz CT molecular complexity index is 1050. The Morgan fingerprint density at radius 1 is 1.22 bits per heavy atom. The van der Waals surface area contributed by atoms with Gasteiger partial charge in [0, 0.05) is 6.07 Å². The molecule has 8 nitrogen and oxygen atoms in total. The lowest BCUT2D eigenvalue weighted by Gasteiger charge is -2.04. The van der Waals surface area contributed by atoms with Crippen molar-refractivity contribution in [3.8, 4) is 0 Å². The van der Waals surface area contributed by atoms with E-state index >= 15 is 0 Å². The molecule has 0 saturated carbocycles. The predicted molar refractivity (Wildman–Crippen MR) is 99.8 cm³/mol. The van der Waals surface area contributed by atoms with E-state index in [1.54, 1.807) is 36.4 Å². The van der Waals surface area contributed by atoms with Crippen molar-refractivity contribution < 1.29 is 19.6 Å². The van der Waals surface area contributed by atoms with Gasteiger partial charge in [-0.1, -0.05) is 24.3 Å². The third-order valence-electron chi connectivity index (χ3n) is 3.83. The molecule has 1 aromatic heterocycles. The first kappa shape index (κ1) is 17.9. The van der Waals surface area contributed by atoms with Crippen LogP contribution in [0.15, 0.2) is 60.4 Å². The summed E-state index contributed by atoms with van der Waals surface area (Å²) < 4.78 is 4.74. The molecule has 27 heavy (non-hydrogen) atoms. The van der Waals surface area contributed by atoms with Crippen LogP contribution >= 0.6 is 0 Å². The number of imidazole rings is 1. The number of benzene rings is 2. The number of aromatic amines is 1. The standard InChI is InChI=1S/C19H15N3O5/c1-27-19(24)17(18-20-13-7-3-4-8-14(13)21-18)16(23)11-10-12-6-2-5-9-15(12)22(25)26/h2-11,23H,1H3,(H,20,21)/b11-10+,17-16-. The molecule has 0 aliphatic carbocycles. The lowest BCUT2D eigenvalue weighted by atomic mass is 10.1. The number of nitro benzene ring substituents is 1. The minimum atomic E-state index is -0.793. The number of para-hydroxylation sites is 3. The zero-order valence-corrected chi connectivity index (χ0v) is 14.2. The van der Waals surface area contributed by atoms with Crippen LogP contribution in [0.25, 0.3) is 22.7 Å². The summed E-state index contributed by atoms with van der Waals surface area (Å²) in [6.45, 7) is 0. The SMILES string of the molecule is COC(=O)/C(=C(O)/C=C/c1ccccc1[N+](=O)[O-])c1nc2ccccc2[nH]1. The Kier molecular flexibility index (Phi) is 4.98. The molecule has 8 heteroatoms. The van der Waals surface area contributed by atoms with E-state index in [1.807, 2.05) is 0 Å². The van der Waals surface area contributed by atoms with Gasteiger partial charge in [-0.15, -0.1) is 0 Å². The number of ether oxygens (including phenoxy) is 1. The first-order valence-corrected chi connectivity index (χ1v) is 7.89. The van der Waals surface area contributed by atoms with Crippen molar-refractivity contribution in [1.29, 1.82) is 0 Å². The number of aliphatic hydroxyl groups excluding tert-OH is 1. The Balaban J connectivity index is 2.07. The lowest BCUT2D eigenvalue weighted by molar-refractivity contribution is -0.385. The van der Waals surface area contributed by atoms with Crippen molar-refractivity contribution >= 4 is 34.3 Å². The van der Waals surface area contributed by atoms with Gasteiger partial charge in [0.05, 0.1) is 28.6 Å². The highest BCUT2D eigenvalue weighted by Gasteiger charge is 2.21. The summed E-state index contributed by atoms with van der Waals surface area (Å²) in [5, 5.41) is 21.5. The fourth-order valence-electron chi connectivity index (χ4n) is 2.54. The molecule has 0 unspecified atom stereocenters. The number of carbonyl (C=O) groups excluding carboxylic acids is 1. The van der Waals surface area contributed by atoms with Gasteiger partial charge in [0.2, 0.25) is 0 Å². The highest BCUT2D eigenvalue weighted by molar-refractivity contribution is 6.17. The average molecular weight is 365 g/mol. The molecule has 2 aromatic carbocycles. The number of H-pyrrole nitrogens is 1. The minimum absolute atomic E-state index is 0.120. The smallest absolute Gasteiger partial charge is 0.345 e. The summed E-state index contributed by atoms with van der Waals surface area (Å²) in [5.41, 5.74) is 1.28. The number of hydrogen-bond donors (Lipinski definition) is 2. The van der Waals surface area contributed by atoms with Crippen LogP contribution in [0.1, 0.15) is 11.4 Å². The van der Waals surface area contributed by atoms with E-state index in [-0.39, 0.29) is 22.6 Å². The molecular formula is C19H15N3O5. The highest BCUT2D eigenvalue weighted by Crippen LogP contribution is 2.23. The third-order valence-corrected chi connectivity index (χ3v) is 3.83. The molecule has 0 aliphatic rings. The zero-order chi connectivity index (χ0) is 19.4. The van der Waals surface area contributed by atoms with E-state index in [1.165, 1.54) is 31.4 Å². The van der Waals surface area contributed by atoms with Crippen LogP contribution in [0.5, 0.6) is 0 Å². The summed E-state index contributed by atoms with van der Waals surface area (Å²) in [7, 11) is 1.18. The number of aromatic nitrogens is 2. The molecule has 3 rings (SSSR count). The third kappa shape index (κ3) is 3.69. The van der Waals surface area contributed by atoms with Gasteiger partial charge in [0.15, 0.2) is 0 Å². The van der Waals surface area contributed by atoms with Gasteiger partial charge in [-0.3, -0.25) is 10.1 Å². The number of nitrogens with zero attached hydrogens (tertiary/aromatic N) is 2. The molecule has 2 N–H and O–H groups in total. The number of nitro groups is 1. The maximum Gasteiger partial charge on any atom is 0.345 e. The summed E-state index contributed by atoms with van der Waals surface area (Å²) in [4.78, 5) is 30.0. The van der Waals surface area contributed by atoms with Crippen LogP contribution in [-0.2, 0) is 9.53 Å². The molecule has 0 radical (unpaired) electrons. The average Bonchev–Trinajstić information content (AvgIpc) is 3.09. The zero-order valence-electron chi connectivity index (χ0n) is 14.2. The molecule has 0 spiro atoms. The fourth-order valence-corrected chi connectivity index (χ4v) is 2.54. The van der Waals surface area contributed by atoms with E-state index in [4.69, 9.17) is 4.74 Å². The summed E-state index contributed by atoms with van der Waals surface area (Å²) >= 11 is 0. The van der Waals surface area contributed by atoms with E-state index < -0.39 is 16.7 Å². The molecule has 136 valence electrons. The molecule has 1 heterocycles. The number of aliphatic hydroxyl groups is 1. The molecule has 0 aliphatic heterocycles. The number of fused-ring (bicyclic) bond motifs is 1. The van der Waals surface area contributed by atoms with Crippen molar-refractivity contribution in [2.24, 2.45) is 0 Å². The van der Waals surface area contributed by atoms with Crippen molar-refractivity contribution in [3.05, 3.63) is 81.9 Å². The van der Waals surface area contributed by atoms with Gasteiger partial charge in [0.1, 0.15) is 17.2 Å². The largest absolute Gasteiger partial charge is 0.507 e. The van der Waals surface area contributed by atoms with Crippen molar-refractivity contribution in [2.75, 3.05) is 7.11 Å². The second-order valence-corrected chi connectivity index (χ2v) is 5.50. The topological polar surface area (TPSA) is 118 Å². The van der Waals surface area contributed by atoms with Crippen molar-refractivity contribution in [1.82, 2.24) is 9.97 Å². The Morgan fingerprint density at radius 2 is 1.93 bits per heavy atom. The maximum atomic E-state index is 12.2. The number of esters is 1. The normalized spacial score (nSPS) is 12.2. The number of methoxy groups -OCH3 is 1. The molecule has 3 aromatic rings. The number of rotatable bonds is 5. The summed E-state index contributed by atoms with van der Waals surface area (Å²) in [6.07, 6.45) is 2.54. The summed E-state index contributed by atoms with van der Waals surface area (Å²) in [5.74, 6) is -1.09. The van der Waals surface area contributed by atoms with E-state index in [0.29, 0.717) is 11.0 Å². The van der Waals surface area contributed by atoms with Crippen LogP contribution in [0, 0.1) is 10.1 Å². The maximum absolute atomic E-state index is 12.2. The van der Waals surface area contributed by atoms with Crippen LogP contribution in [-0.4, -0.2) is 33.1 Å². The van der Waals surface area contributed by atoms with E-state index in [0.717, 1.165) is 0 Å². The van der Waals surface area contributed by atoms with Gasteiger partial charge in [-0.05, 0) is 30.4 Å². The first-order chi connectivity index (χ1) is 13.0. The second kappa shape index (κ2) is 7.52. The molecule has 0 amide bonds. The molecule has 0 atom stereocenters. The quantitative estimate of drug-likeness (QED) is 0.178. The lowest BCUT2D eigenvalue weighted by Crippen LogP contribution is -2.08. The molecule has 0 saturated heterocycles. The van der Waals surface area contributed by atoms with Crippen LogP contribution in [0.4, 0.5) is 5.69 Å². The second-order valence-electron chi connectivity index (χ2n) is 5.50. The van der Waals surface area contributed by atoms with Crippen LogP contribution in [0.2, 0.25) is 0 Å². The predicted octanol–water partition coefficient (Wildman–Crippen LogP) is 3.63. The van der Waals surface area contributed by atoms with E-state index in [2.05, 4.69) is 9.97 Å². The van der Waals surface area contributed by atoms with E-state index in [9.17, 15) is 20.0 Å². The Hall–Kier alpha value is -3.94. The van der Waals surface area contributed by atoms with Gasteiger partial charge in [0.25, 0.3) is 5.69 Å². The van der Waals surface area contributed by atoms with Crippen molar-refractivity contribution in [2.45, 2.75) is 0 Å². The number of hydrogen-bond acceptors (Lipinski definition) is 6. The van der Waals surface area contributed by atoms with Crippen molar-refractivity contribution in [3.63, 3.8) is 0 Å². The summed E-state index contributed by atoms with van der Waals surface area (Å²) in [6, 6.07) is 13.2. The number of carbonyl (C=O) groups is 1. The fraction of sp³-hybridized carbons (Fsp3) is 0.0526. The van der Waals surface area contributed by atoms with Crippen LogP contribution in [0.3, 0.4) is 0 Å². The monoisotopic (exact) mass is 365 g/mol. The molecule has 0 fully saturated rings. The van der Waals surface area contributed by atoms with Gasteiger partial charge >= 0.3 is 5.97 Å². The Morgan fingerprint density at radius 3 is 2.63 bits per heavy atom. The Labute approximate surface area is 153 Å². The number of allylic oxidation sites excluding steroid dienone is 1. The van der Waals surface area contributed by atoms with Gasteiger partial charge in [-0.25, -0.2) is 9.78 Å². The van der Waals surface area contributed by atoms with Crippen LogP contribution < -0.4 is 0 Å². The number of nitrogens with one attached hydrogen (secondary N) is 1. The van der Waals surface area contributed by atoms with Gasteiger partial charge < -0.3 is 14.8 Å². The molecule has 0 bridgehead atoms. The van der Waals surface area contributed by atoms with Gasteiger partial charge in [-0.2, -0.15) is 0 Å². The highest BCUT2D eigenvalue weighted by atomic mass is 16.6. The minimum Gasteiger partial charge on any atom is -0.507 e. The molecular weight excluding hydrogens is 350 g/mol. The first-order valence-electron chi connectivity index (χ1n) is 7.89.